The average Bonchev–Trinajstić information content (AvgIpc) is 3.53. The largest absolute Gasteiger partial charge is 0.495 e. The van der Waals surface area contributed by atoms with Crippen molar-refractivity contribution >= 4 is 15.9 Å². The SMILES string of the molecule is COc1ccc(C(=O)NCCc2ccc(-n3nc(C)cc3C)cc2)cc1S(=O)(=O)NC1CC1. The third-order valence-electron chi connectivity index (χ3n) is 5.50. The molecule has 0 aliphatic heterocycles. The second-order valence-electron chi connectivity index (χ2n) is 8.27. The Morgan fingerprint density at radius 3 is 2.45 bits per heavy atom. The van der Waals surface area contributed by atoms with Crippen LogP contribution in [0.25, 0.3) is 5.69 Å². The summed E-state index contributed by atoms with van der Waals surface area (Å²) < 4.78 is 35.0. The molecule has 174 valence electrons. The number of ether oxygens (including phenoxy) is 1. The number of aromatic nitrogens is 2. The van der Waals surface area contributed by atoms with Crippen LogP contribution in [0.4, 0.5) is 0 Å². The quantitative estimate of drug-likeness (QED) is 0.503. The number of hydrogen-bond acceptors (Lipinski definition) is 5. The van der Waals surface area contributed by atoms with E-state index in [9.17, 15) is 13.2 Å². The number of nitrogens with one attached hydrogen (secondary N) is 2. The van der Waals surface area contributed by atoms with Gasteiger partial charge in [0.25, 0.3) is 5.91 Å². The summed E-state index contributed by atoms with van der Waals surface area (Å²) in [6.07, 6.45) is 2.29. The molecule has 0 unspecified atom stereocenters. The topological polar surface area (TPSA) is 102 Å². The molecule has 1 heterocycles. The molecule has 4 rings (SSSR count). The van der Waals surface area contributed by atoms with Crippen molar-refractivity contribution in [1.29, 1.82) is 0 Å². The average molecular weight is 469 g/mol. The molecule has 1 amide bonds. The first-order valence-electron chi connectivity index (χ1n) is 10.9. The van der Waals surface area contributed by atoms with Crippen LogP contribution in [0.5, 0.6) is 5.75 Å². The summed E-state index contributed by atoms with van der Waals surface area (Å²) in [6, 6.07) is 14.5. The van der Waals surface area contributed by atoms with E-state index in [1.807, 2.05) is 48.9 Å². The molecule has 0 saturated heterocycles. The fourth-order valence-corrected chi connectivity index (χ4v) is 5.13. The van der Waals surface area contributed by atoms with Gasteiger partial charge in [-0.2, -0.15) is 5.10 Å². The summed E-state index contributed by atoms with van der Waals surface area (Å²) in [4.78, 5) is 12.6. The van der Waals surface area contributed by atoms with E-state index in [4.69, 9.17) is 4.74 Å². The molecule has 33 heavy (non-hydrogen) atoms. The maximum atomic E-state index is 12.7. The minimum atomic E-state index is -3.75. The lowest BCUT2D eigenvalue weighted by molar-refractivity contribution is 0.0954. The summed E-state index contributed by atoms with van der Waals surface area (Å²) in [5, 5.41) is 7.35. The molecule has 0 spiro atoms. The van der Waals surface area contributed by atoms with Crippen LogP contribution in [-0.4, -0.2) is 43.8 Å². The van der Waals surface area contributed by atoms with Crippen LogP contribution in [0.3, 0.4) is 0 Å². The number of nitrogens with zero attached hydrogens (tertiary/aromatic N) is 2. The molecule has 3 aromatic rings. The van der Waals surface area contributed by atoms with Gasteiger partial charge in [-0.05, 0) is 75.1 Å². The predicted molar refractivity (Wildman–Crippen MR) is 125 cm³/mol. The highest BCUT2D eigenvalue weighted by Gasteiger charge is 2.30. The Balaban J connectivity index is 1.38. The molecule has 0 atom stereocenters. The fourth-order valence-electron chi connectivity index (χ4n) is 3.63. The molecule has 1 aliphatic carbocycles. The van der Waals surface area contributed by atoms with Gasteiger partial charge in [0.15, 0.2) is 0 Å². The number of hydrogen-bond donors (Lipinski definition) is 2. The van der Waals surface area contributed by atoms with Gasteiger partial charge in [-0.1, -0.05) is 12.1 Å². The maximum Gasteiger partial charge on any atom is 0.251 e. The summed E-state index contributed by atoms with van der Waals surface area (Å²) in [5.41, 5.74) is 4.37. The zero-order valence-corrected chi connectivity index (χ0v) is 19.8. The van der Waals surface area contributed by atoms with E-state index in [0.29, 0.717) is 13.0 Å². The van der Waals surface area contributed by atoms with Crippen molar-refractivity contribution in [2.45, 2.75) is 44.0 Å². The maximum absolute atomic E-state index is 12.7. The third-order valence-corrected chi connectivity index (χ3v) is 7.05. The van der Waals surface area contributed by atoms with Gasteiger partial charge in [-0.15, -0.1) is 0 Å². The molecule has 0 radical (unpaired) electrons. The first-order chi connectivity index (χ1) is 15.8. The zero-order valence-electron chi connectivity index (χ0n) is 19.0. The van der Waals surface area contributed by atoms with E-state index >= 15 is 0 Å². The second-order valence-corrected chi connectivity index (χ2v) is 9.95. The Morgan fingerprint density at radius 1 is 1.12 bits per heavy atom. The van der Waals surface area contributed by atoms with Gasteiger partial charge in [-0.25, -0.2) is 17.8 Å². The highest BCUT2D eigenvalue weighted by Crippen LogP contribution is 2.28. The van der Waals surface area contributed by atoms with Crippen LogP contribution in [0.2, 0.25) is 0 Å². The van der Waals surface area contributed by atoms with Crippen LogP contribution >= 0.6 is 0 Å². The lowest BCUT2D eigenvalue weighted by atomic mass is 10.1. The highest BCUT2D eigenvalue weighted by molar-refractivity contribution is 7.89. The van der Waals surface area contributed by atoms with Crippen LogP contribution in [0, 0.1) is 13.8 Å². The minimum absolute atomic E-state index is 0.0238. The molecular weight excluding hydrogens is 440 g/mol. The highest BCUT2D eigenvalue weighted by atomic mass is 32.2. The van der Waals surface area contributed by atoms with Crippen LogP contribution in [0.1, 0.15) is 40.2 Å². The Kier molecular flexibility index (Phi) is 6.53. The Hall–Kier alpha value is -3.17. The number of benzene rings is 2. The van der Waals surface area contributed by atoms with E-state index in [0.717, 1.165) is 35.5 Å². The van der Waals surface area contributed by atoms with Crippen molar-refractivity contribution in [3.8, 4) is 11.4 Å². The molecule has 1 saturated carbocycles. The van der Waals surface area contributed by atoms with Crippen LogP contribution in [-0.2, 0) is 16.4 Å². The summed E-state index contributed by atoms with van der Waals surface area (Å²) >= 11 is 0. The molecular formula is C24H28N4O4S. The van der Waals surface area contributed by atoms with Crippen LogP contribution in [0.15, 0.2) is 53.4 Å². The Bertz CT molecular complexity index is 1260. The first kappa shape index (κ1) is 23.0. The second kappa shape index (κ2) is 9.36. The van der Waals surface area contributed by atoms with E-state index in [-0.39, 0.29) is 28.2 Å². The van der Waals surface area contributed by atoms with Gasteiger partial charge in [0.1, 0.15) is 10.6 Å². The van der Waals surface area contributed by atoms with E-state index in [1.165, 1.54) is 19.2 Å². The third kappa shape index (κ3) is 5.43. The molecule has 2 N–H and O–H groups in total. The monoisotopic (exact) mass is 468 g/mol. The van der Waals surface area contributed by atoms with Crippen molar-refractivity contribution < 1.29 is 17.9 Å². The molecule has 8 nitrogen and oxygen atoms in total. The number of carbonyl (C=O) groups is 1. The minimum Gasteiger partial charge on any atom is -0.495 e. The molecule has 1 fully saturated rings. The fraction of sp³-hybridized carbons (Fsp3) is 0.333. The molecule has 2 aromatic carbocycles. The van der Waals surface area contributed by atoms with Gasteiger partial charge in [0.2, 0.25) is 10.0 Å². The number of methoxy groups -OCH3 is 1. The van der Waals surface area contributed by atoms with Crippen molar-refractivity contribution in [3.63, 3.8) is 0 Å². The van der Waals surface area contributed by atoms with Crippen LogP contribution < -0.4 is 14.8 Å². The van der Waals surface area contributed by atoms with E-state index in [2.05, 4.69) is 15.1 Å². The van der Waals surface area contributed by atoms with Gasteiger partial charge in [0, 0.05) is 23.8 Å². The number of amides is 1. The van der Waals surface area contributed by atoms with Gasteiger partial charge < -0.3 is 10.1 Å². The number of aryl methyl sites for hydroxylation is 2. The van der Waals surface area contributed by atoms with Gasteiger partial charge in [-0.3, -0.25) is 4.79 Å². The number of sulfonamides is 1. The lowest BCUT2D eigenvalue weighted by Gasteiger charge is -2.12. The smallest absolute Gasteiger partial charge is 0.251 e. The molecule has 1 aromatic heterocycles. The summed E-state index contributed by atoms with van der Waals surface area (Å²) in [5.74, 6) is -0.123. The zero-order chi connectivity index (χ0) is 23.6. The van der Waals surface area contributed by atoms with Crippen molar-refractivity contribution in [2.24, 2.45) is 0 Å². The molecule has 9 heteroatoms. The Morgan fingerprint density at radius 2 is 1.85 bits per heavy atom. The standard InChI is InChI=1S/C24H28N4O4S/c1-16-14-17(2)28(26-16)21-9-4-18(5-10-21)12-13-25-24(29)19-6-11-22(32-3)23(15-19)33(30,31)27-20-7-8-20/h4-6,9-11,14-15,20,27H,7-8,12-13H2,1-3H3,(H,25,29). The Labute approximate surface area is 194 Å². The van der Waals surface area contributed by atoms with E-state index < -0.39 is 10.0 Å². The van der Waals surface area contributed by atoms with Gasteiger partial charge >= 0.3 is 0 Å². The lowest BCUT2D eigenvalue weighted by Crippen LogP contribution is -2.28. The van der Waals surface area contributed by atoms with Crippen molar-refractivity contribution in [3.05, 3.63) is 71.0 Å². The summed E-state index contributed by atoms with van der Waals surface area (Å²) in [7, 11) is -2.34. The number of rotatable bonds is 9. The van der Waals surface area contributed by atoms with Crippen molar-refractivity contribution in [1.82, 2.24) is 19.8 Å². The molecule has 0 bridgehead atoms. The molecule has 1 aliphatic rings. The summed E-state index contributed by atoms with van der Waals surface area (Å²) in [6.45, 7) is 4.40. The normalized spacial score (nSPS) is 13.7. The first-order valence-corrected chi connectivity index (χ1v) is 12.4. The number of carbonyl (C=O) groups excluding carboxylic acids is 1. The predicted octanol–water partition coefficient (Wildman–Crippen LogP) is 2.91. The van der Waals surface area contributed by atoms with Gasteiger partial charge in [0.05, 0.1) is 18.5 Å². The van der Waals surface area contributed by atoms with Crippen molar-refractivity contribution in [2.75, 3.05) is 13.7 Å². The van der Waals surface area contributed by atoms with E-state index in [1.54, 1.807) is 6.07 Å².